The molecule has 0 aliphatic carbocycles. The minimum atomic E-state index is 0.530. The highest BCUT2D eigenvalue weighted by atomic mass is 79.9. The van der Waals surface area contributed by atoms with Crippen molar-refractivity contribution < 1.29 is 4.79 Å². The zero-order valence-corrected chi connectivity index (χ0v) is 10.4. The molecule has 0 N–H and O–H groups in total. The highest BCUT2D eigenvalue weighted by Crippen LogP contribution is 2.28. The fraction of sp³-hybridized carbons (Fsp3) is 0.0909. The van der Waals surface area contributed by atoms with Crippen LogP contribution in [0, 0.1) is 6.92 Å². The van der Waals surface area contributed by atoms with Gasteiger partial charge in [0.1, 0.15) is 0 Å². The molecule has 0 aliphatic rings. The van der Waals surface area contributed by atoms with Crippen LogP contribution in [0.1, 0.15) is 14.7 Å². The lowest BCUT2D eigenvalue weighted by Gasteiger charge is -1.98. The summed E-state index contributed by atoms with van der Waals surface area (Å²) in [6.07, 6.45) is 0.791. The third-order valence-electron chi connectivity index (χ3n) is 2.01. The van der Waals surface area contributed by atoms with Gasteiger partial charge in [-0.15, -0.1) is 11.3 Å². The summed E-state index contributed by atoms with van der Waals surface area (Å²) in [6.45, 7) is 1.97. The van der Waals surface area contributed by atoms with Crippen LogP contribution in [-0.4, -0.2) is 11.3 Å². The van der Waals surface area contributed by atoms with Gasteiger partial charge >= 0.3 is 0 Å². The van der Waals surface area contributed by atoms with Gasteiger partial charge in [0.15, 0.2) is 11.3 Å². The van der Waals surface area contributed by atoms with Crippen molar-refractivity contribution in [2.24, 2.45) is 0 Å². The van der Waals surface area contributed by atoms with E-state index >= 15 is 0 Å². The molecule has 4 heteroatoms. The van der Waals surface area contributed by atoms with Gasteiger partial charge in [-0.2, -0.15) is 0 Å². The first-order valence-corrected chi connectivity index (χ1v) is 6.00. The number of carbonyl (C=O) groups is 1. The highest BCUT2D eigenvalue weighted by Gasteiger charge is 2.08. The summed E-state index contributed by atoms with van der Waals surface area (Å²) in [6, 6.07) is 7.91. The fourth-order valence-corrected chi connectivity index (χ4v) is 2.53. The number of aryl methyl sites for hydroxylation is 1. The zero-order chi connectivity index (χ0) is 10.8. The molecule has 15 heavy (non-hydrogen) atoms. The first kappa shape index (κ1) is 10.5. The number of thiazole rings is 1. The standard InChI is InChI=1S/C11H8BrNOS/c1-7-11(13-10(6-14)15-7)8-3-2-4-9(12)5-8/h2-6H,1H3. The minimum absolute atomic E-state index is 0.530. The van der Waals surface area contributed by atoms with Crippen molar-refractivity contribution in [1.82, 2.24) is 4.98 Å². The first-order chi connectivity index (χ1) is 7.20. The summed E-state index contributed by atoms with van der Waals surface area (Å²) in [5.74, 6) is 0. The second kappa shape index (κ2) is 4.24. The molecule has 0 atom stereocenters. The van der Waals surface area contributed by atoms with Crippen LogP contribution >= 0.6 is 27.3 Å². The summed E-state index contributed by atoms with van der Waals surface area (Å²) in [5, 5.41) is 0.530. The van der Waals surface area contributed by atoms with Crippen LogP contribution in [0.15, 0.2) is 28.7 Å². The number of aldehydes is 1. The number of rotatable bonds is 2. The molecule has 2 rings (SSSR count). The molecular weight excluding hydrogens is 274 g/mol. The molecule has 0 fully saturated rings. The number of nitrogens with zero attached hydrogens (tertiary/aromatic N) is 1. The Balaban J connectivity index is 2.53. The average molecular weight is 282 g/mol. The molecule has 0 saturated heterocycles. The quantitative estimate of drug-likeness (QED) is 0.786. The summed E-state index contributed by atoms with van der Waals surface area (Å²) >= 11 is 4.83. The number of hydrogen-bond donors (Lipinski definition) is 0. The molecule has 1 aromatic carbocycles. The fourth-order valence-electron chi connectivity index (χ4n) is 1.37. The summed E-state index contributed by atoms with van der Waals surface area (Å²) in [5.41, 5.74) is 1.93. The Kier molecular flexibility index (Phi) is 2.98. The number of aromatic nitrogens is 1. The lowest BCUT2D eigenvalue weighted by molar-refractivity contribution is 0.112. The third-order valence-corrected chi connectivity index (χ3v) is 3.40. The van der Waals surface area contributed by atoms with Gasteiger partial charge in [0.2, 0.25) is 0 Å². The maximum Gasteiger partial charge on any atom is 0.178 e. The van der Waals surface area contributed by atoms with Gasteiger partial charge in [0, 0.05) is 14.9 Å². The molecule has 0 spiro atoms. The van der Waals surface area contributed by atoms with Gasteiger partial charge in [0.05, 0.1) is 5.69 Å². The molecule has 0 saturated carbocycles. The number of hydrogen-bond acceptors (Lipinski definition) is 3. The molecule has 1 aromatic heterocycles. The van der Waals surface area contributed by atoms with E-state index in [1.807, 2.05) is 31.2 Å². The molecule has 76 valence electrons. The van der Waals surface area contributed by atoms with Crippen molar-refractivity contribution in [2.45, 2.75) is 6.92 Å². The first-order valence-electron chi connectivity index (χ1n) is 4.39. The highest BCUT2D eigenvalue weighted by molar-refractivity contribution is 9.10. The topological polar surface area (TPSA) is 30.0 Å². The van der Waals surface area contributed by atoms with E-state index in [1.165, 1.54) is 11.3 Å². The second-order valence-corrected chi connectivity index (χ2v) is 5.24. The van der Waals surface area contributed by atoms with Gasteiger partial charge in [0.25, 0.3) is 0 Å². The van der Waals surface area contributed by atoms with Crippen molar-refractivity contribution in [1.29, 1.82) is 0 Å². The van der Waals surface area contributed by atoms with E-state index in [4.69, 9.17) is 0 Å². The Hall–Kier alpha value is -1.00. The van der Waals surface area contributed by atoms with Gasteiger partial charge < -0.3 is 0 Å². The van der Waals surface area contributed by atoms with E-state index in [-0.39, 0.29) is 0 Å². The molecule has 0 radical (unpaired) electrons. The maximum absolute atomic E-state index is 10.6. The number of benzene rings is 1. The molecule has 2 nitrogen and oxygen atoms in total. The summed E-state index contributed by atoms with van der Waals surface area (Å²) in [7, 11) is 0. The van der Waals surface area contributed by atoms with E-state index < -0.39 is 0 Å². The van der Waals surface area contributed by atoms with Crippen LogP contribution in [0.4, 0.5) is 0 Å². The Bertz CT molecular complexity index is 507. The molecule has 2 aromatic rings. The van der Waals surface area contributed by atoms with Gasteiger partial charge in [-0.3, -0.25) is 4.79 Å². The van der Waals surface area contributed by atoms with Crippen LogP contribution in [0.25, 0.3) is 11.3 Å². The summed E-state index contributed by atoms with van der Waals surface area (Å²) < 4.78 is 1.01. The number of halogens is 1. The smallest absolute Gasteiger partial charge is 0.178 e. The van der Waals surface area contributed by atoms with Crippen LogP contribution in [-0.2, 0) is 0 Å². The zero-order valence-electron chi connectivity index (χ0n) is 8.03. The normalized spacial score (nSPS) is 10.3. The van der Waals surface area contributed by atoms with Gasteiger partial charge in [-0.05, 0) is 19.1 Å². The summed E-state index contributed by atoms with van der Waals surface area (Å²) in [4.78, 5) is 15.9. The van der Waals surface area contributed by atoms with Crippen molar-refractivity contribution in [2.75, 3.05) is 0 Å². The molecule has 0 bridgehead atoms. The average Bonchev–Trinajstić information content (AvgIpc) is 2.60. The molecule has 1 heterocycles. The monoisotopic (exact) mass is 281 g/mol. The molecule has 0 aliphatic heterocycles. The van der Waals surface area contributed by atoms with Crippen molar-refractivity contribution in [3.05, 3.63) is 38.6 Å². The Morgan fingerprint density at radius 3 is 2.87 bits per heavy atom. The van der Waals surface area contributed by atoms with E-state index in [2.05, 4.69) is 20.9 Å². The van der Waals surface area contributed by atoms with Crippen LogP contribution in [0.5, 0.6) is 0 Å². The molecular formula is C11H8BrNOS. The largest absolute Gasteiger partial charge is 0.295 e. The predicted molar refractivity (Wildman–Crippen MR) is 65.4 cm³/mol. The van der Waals surface area contributed by atoms with E-state index in [9.17, 15) is 4.79 Å². The van der Waals surface area contributed by atoms with E-state index in [0.717, 1.165) is 26.9 Å². The van der Waals surface area contributed by atoms with E-state index in [1.54, 1.807) is 0 Å². The van der Waals surface area contributed by atoms with Crippen molar-refractivity contribution in [3.63, 3.8) is 0 Å². The van der Waals surface area contributed by atoms with Gasteiger partial charge in [-0.1, -0.05) is 28.1 Å². The van der Waals surface area contributed by atoms with Crippen LogP contribution in [0.2, 0.25) is 0 Å². The van der Waals surface area contributed by atoms with Gasteiger partial charge in [-0.25, -0.2) is 4.98 Å². The molecule has 0 unspecified atom stereocenters. The van der Waals surface area contributed by atoms with E-state index in [0.29, 0.717) is 5.01 Å². The van der Waals surface area contributed by atoms with Crippen molar-refractivity contribution >= 4 is 33.6 Å². The minimum Gasteiger partial charge on any atom is -0.295 e. The Morgan fingerprint density at radius 1 is 1.47 bits per heavy atom. The maximum atomic E-state index is 10.6. The SMILES string of the molecule is Cc1sc(C=O)nc1-c1cccc(Br)c1. The second-order valence-electron chi connectivity index (χ2n) is 3.09. The lowest BCUT2D eigenvalue weighted by Crippen LogP contribution is -1.81. The Morgan fingerprint density at radius 2 is 2.27 bits per heavy atom. The third kappa shape index (κ3) is 2.16. The number of carbonyl (C=O) groups excluding carboxylic acids is 1. The predicted octanol–water partition coefficient (Wildman–Crippen LogP) is 3.69. The van der Waals surface area contributed by atoms with Crippen LogP contribution < -0.4 is 0 Å². The molecule has 0 amide bonds. The van der Waals surface area contributed by atoms with Crippen LogP contribution in [0.3, 0.4) is 0 Å². The van der Waals surface area contributed by atoms with Crippen molar-refractivity contribution in [3.8, 4) is 11.3 Å². The Labute approximate surface area is 100 Å². The lowest BCUT2D eigenvalue weighted by atomic mass is 10.1.